The fourth-order valence-corrected chi connectivity index (χ4v) is 6.51. The predicted molar refractivity (Wildman–Crippen MR) is 102 cm³/mol. The molecule has 0 aromatic carbocycles. The van der Waals surface area contributed by atoms with Gasteiger partial charge in [-0.1, -0.05) is 25.6 Å². The lowest BCUT2D eigenvalue weighted by Crippen LogP contribution is -2.44. The molecule has 0 radical (unpaired) electrons. The molecule has 0 bridgehead atoms. The fraction of sp³-hybridized carbons (Fsp3) is 0.562. The number of hydrogen-bond donors (Lipinski definition) is 0. The molecule has 25 heavy (non-hydrogen) atoms. The average Bonchev–Trinajstić information content (AvgIpc) is 3.16. The minimum Gasteiger partial charge on any atom is -0.338 e. The Morgan fingerprint density at radius 2 is 2.24 bits per heavy atom. The van der Waals surface area contributed by atoms with Gasteiger partial charge in [-0.25, -0.2) is 18.4 Å². The van der Waals surface area contributed by atoms with Crippen LogP contribution in [0.5, 0.6) is 0 Å². The number of nitrogens with zero attached hydrogens (tertiary/aromatic N) is 3. The topological polar surface area (TPSA) is 80.2 Å². The van der Waals surface area contributed by atoms with Crippen molar-refractivity contribution in [1.29, 1.82) is 0 Å². The lowest BCUT2D eigenvalue weighted by Gasteiger charge is -2.29. The number of amides is 1. The van der Waals surface area contributed by atoms with Crippen molar-refractivity contribution >= 4 is 49.1 Å². The summed E-state index contributed by atoms with van der Waals surface area (Å²) in [5, 5.41) is 2.76. The molecule has 9 heteroatoms. The van der Waals surface area contributed by atoms with Crippen LogP contribution in [0.25, 0.3) is 10.2 Å². The van der Waals surface area contributed by atoms with E-state index in [1.165, 1.54) is 18.1 Å². The zero-order valence-corrected chi connectivity index (χ0v) is 16.7. The van der Waals surface area contributed by atoms with Crippen molar-refractivity contribution < 1.29 is 13.2 Å². The Morgan fingerprint density at radius 1 is 1.44 bits per heavy atom. The van der Waals surface area contributed by atoms with Gasteiger partial charge >= 0.3 is 0 Å². The maximum atomic E-state index is 12.8. The van der Waals surface area contributed by atoms with E-state index in [-0.39, 0.29) is 29.2 Å². The van der Waals surface area contributed by atoms with Crippen molar-refractivity contribution in [3.05, 3.63) is 17.8 Å². The van der Waals surface area contributed by atoms with E-state index in [4.69, 9.17) is 0 Å². The molecule has 0 spiro atoms. The van der Waals surface area contributed by atoms with Gasteiger partial charge in [0.05, 0.1) is 27.5 Å². The van der Waals surface area contributed by atoms with Crippen LogP contribution in [-0.2, 0) is 14.6 Å². The van der Waals surface area contributed by atoms with Crippen molar-refractivity contribution in [2.75, 3.05) is 23.8 Å². The Labute approximate surface area is 156 Å². The number of hydrogen-bond acceptors (Lipinski definition) is 7. The maximum absolute atomic E-state index is 12.8. The van der Waals surface area contributed by atoms with Crippen molar-refractivity contribution in [3.63, 3.8) is 0 Å². The summed E-state index contributed by atoms with van der Waals surface area (Å²) in [6.07, 6.45) is 2.05. The molecular formula is C16H21N3O3S3. The van der Waals surface area contributed by atoms with Crippen molar-refractivity contribution in [2.24, 2.45) is 5.92 Å². The van der Waals surface area contributed by atoms with Gasteiger partial charge in [0.1, 0.15) is 11.4 Å². The first kappa shape index (κ1) is 18.6. The van der Waals surface area contributed by atoms with Gasteiger partial charge in [0.25, 0.3) is 0 Å². The van der Waals surface area contributed by atoms with E-state index in [9.17, 15) is 13.2 Å². The van der Waals surface area contributed by atoms with E-state index in [1.54, 1.807) is 16.2 Å². The summed E-state index contributed by atoms with van der Waals surface area (Å²) >= 11 is 2.96. The molecule has 1 aliphatic rings. The molecule has 136 valence electrons. The lowest BCUT2D eigenvalue weighted by molar-refractivity contribution is -0.130. The first-order valence-corrected chi connectivity index (χ1v) is 11.9. The summed E-state index contributed by atoms with van der Waals surface area (Å²) in [6, 6.07) is 1.73. The summed E-state index contributed by atoms with van der Waals surface area (Å²) in [5.41, 5.74) is 0.885. The Balaban J connectivity index is 1.71. The van der Waals surface area contributed by atoms with Crippen LogP contribution in [0.15, 0.2) is 22.8 Å². The molecule has 3 heterocycles. The maximum Gasteiger partial charge on any atom is 0.233 e. The third-order valence-corrected chi connectivity index (χ3v) is 7.84. The third-order valence-electron chi connectivity index (χ3n) is 4.07. The molecule has 1 saturated heterocycles. The van der Waals surface area contributed by atoms with Gasteiger partial charge in [-0.15, -0.1) is 11.3 Å². The highest BCUT2D eigenvalue weighted by Crippen LogP contribution is 2.29. The second-order valence-electron chi connectivity index (χ2n) is 6.60. The van der Waals surface area contributed by atoms with E-state index in [0.29, 0.717) is 18.9 Å². The van der Waals surface area contributed by atoms with Gasteiger partial charge in [-0.05, 0) is 23.8 Å². The Morgan fingerprint density at radius 3 is 2.92 bits per heavy atom. The van der Waals surface area contributed by atoms with Crippen LogP contribution < -0.4 is 0 Å². The van der Waals surface area contributed by atoms with Gasteiger partial charge in [-0.2, -0.15) is 0 Å². The molecular weight excluding hydrogens is 378 g/mol. The van der Waals surface area contributed by atoms with Crippen LogP contribution in [-0.4, -0.2) is 59.0 Å². The summed E-state index contributed by atoms with van der Waals surface area (Å²) in [6.45, 7) is 4.66. The zero-order valence-electron chi connectivity index (χ0n) is 14.2. The number of thioether (sulfide) groups is 1. The normalized spacial score (nSPS) is 19.6. The van der Waals surface area contributed by atoms with E-state index >= 15 is 0 Å². The third kappa shape index (κ3) is 4.51. The minimum atomic E-state index is -3.02. The number of carbonyl (C=O) groups is 1. The molecule has 1 unspecified atom stereocenters. The molecule has 0 N–H and O–H groups in total. The highest BCUT2D eigenvalue weighted by atomic mass is 32.2. The van der Waals surface area contributed by atoms with Crippen LogP contribution >= 0.6 is 23.1 Å². The van der Waals surface area contributed by atoms with Crippen molar-refractivity contribution in [2.45, 2.75) is 31.3 Å². The molecule has 3 rings (SSSR count). The molecule has 1 atom stereocenters. The molecule has 2 aromatic rings. The number of sulfone groups is 1. The van der Waals surface area contributed by atoms with Gasteiger partial charge in [-0.3, -0.25) is 4.79 Å². The SMILES string of the molecule is CC(C)CN(C(=O)CSc1ncnc2ccsc12)C1CCS(=O)(=O)C1. The highest BCUT2D eigenvalue weighted by Gasteiger charge is 2.34. The summed E-state index contributed by atoms with van der Waals surface area (Å²) in [4.78, 5) is 23.0. The zero-order chi connectivity index (χ0) is 18.0. The lowest BCUT2D eigenvalue weighted by atomic mass is 10.1. The average molecular weight is 400 g/mol. The van der Waals surface area contributed by atoms with Gasteiger partial charge < -0.3 is 4.90 Å². The number of rotatable bonds is 6. The van der Waals surface area contributed by atoms with Gasteiger partial charge in [0, 0.05) is 12.6 Å². The van der Waals surface area contributed by atoms with E-state index in [1.807, 2.05) is 25.3 Å². The summed E-state index contributed by atoms with van der Waals surface area (Å²) in [7, 11) is -3.02. The molecule has 0 saturated carbocycles. The van der Waals surface area contributed by atoms with Crippen LogP contribution in [0.1, 0.15) is 20.3 Å². The second-order valence-corrected chi connectivity index (χ2v) is 10.7. The molecule has 2 aromatic heterocycles. The number of carbonyl (C=O) groups excluding carboxylic acids is 1. The first-order valence-electron chi connectivity index (χ1n) is 8.16. The molecule has 0 aliphatic carbocycles. The Kier molecular flexibility index (Phi) is 5.65. The summed E-state index contributed by atoms with van der Waals surface area (Å²) in [5.74, 6) is 0.782. The Bertz CT molecular complexity index is 864. The van der Waals surface area contributed by atoms with Gasteiger partial charge in [0.15, 0.2) is 9.84 Å². The minimum absolute atomic E-state index is 0.0240. The molecule has 1 amide bonds. The molecule has 6 nitrogen and oxygen atoms in total. The van der Waals surface area contributed by atoms with Gasteiger partial charge in [0.2, 0.25) is 5.91 Å². The van der Waals surface area contributed by atoms with E-state index < -0.39 is 9.84 Å². The molecule has 1 fully saturated rings. The van der Waals surface area contributed by atoms with Crippen molar-refractivity contribution in [1.82, 2.24) is 14.9 Å². The smallest absolute Gasteiger partial charge is 0.233 e. The Hall–Kier alpha value is -1.19. The summed E-state index contributed by atoms with van der Waals surface area (Å²) < 4.78 is 24.6. The number of fused-ring (bicyclic) bond motifs is 1. The quantitative estimate of drug-likeness (QED) is 0.548. The van der Waals surface area contributed by atoms with E-state index in [0.717, 1.165) is 15.2 Å². The second kappa shape index (κ2) is 7.59. The van der Waals surface area contributed by atoms with Crippen LogP contribution in [0.4, 0.5) is 0 Å². The standard InChI is InChI=1S/C16H21N3O3S3/c1-11(2)7-19(12-4-6-25(21,22)9-12)14(20)8-24-16-15-13(3-5-23-15)17-10-18-16/h3,5,10-12H,4,6-9H2,1-2H3. The molecule has 1 aliphatic heterocycles. The number of thiophene rings is 1. The largest absolute Gasteiger partial charge is 0.338 e. The monoisotopic (exact) mass is 399 g/mol. The first-order chi connectivity index (χ1) is 11.9. The van der Waals surface area contributed by atoms with Crippen molar-refractivity contribution in [3.8, 4) is 0 Å². The van der Waals surface area contributed by atoms with Crippen LogP contribution in [0, 0.1) is 5.92 Å². The van der Waals surface area contributed by atoms with Crippen LogP contribution in [0.2, 0.25) is 0 Å². The van der Waals surface area contributed by atoms with Crippen LogP contribution in [0.3, 0.4) is 0 Å². The van der Waals surface area contributed by atoms with E-state index in [2.05, 4.69) is 9.97 Å². The highest BCUT2D eigenvalue weighted by molar-refractivity contribution is 8.00. The number of aromatic nitrogens is 2. The fourth-order valence-electron chi connectivity index (χ4n) is 2.95. The predicted octanol–water partition coefficient (Wildman–Crippen LogP) is 2.46.